The van der Waals surface area contributed by atoms with E-state index in [4.69, 9.17) is 16.3 Å². The molecule has 1 N–H and O–H groups in total. The molecular formula is C28H40ClN5O3. The molecule has 1 saturated heterocycles. The van der Waals surface area contributed by atoms with E-state index >= 15 is 0 Å². The van der Waals surface area contributed by atoms with Crippen LogP contribution in [0, 0.1) is 0 Å². The number of hydrogen-bond donors (Lipinski definition) is 1. The Bertz CT molecular complexity index is 1190. The van der Waals surface area contributed by atoms with Crippen LogP contribution in [0.3, 0.4) is 0 Å². The molecule has 2 aromatic heterocycles. The summed E-state index contributed by atoms with van der Waals surface area (Å²) in [6.45, 7) is 13.3. The van der Waals surface area contributed by atoms with Gasteiger partial charge in [-0.25, -0.2) is 0 Å². The largest absolute Gasteiger partial charge is 0.492 e. The van der Waals surface area contributed by atoms with Crippen LogP contribution < -0.4 is 15.6 Å². The number of piperazine rings is 1. The molecule has 9 heteroatoms. The predicted octanol–water partition coefficient (Wildman–Crippen LogP) is 3.59. The molecule has 0 aromatic carbocycles. The molecule has 2 aromatic rings. The third-order valence-electron chi connectivity index (χ3n) is 6.92. The van der Waals surface area contributed by atoms with E-state index in [-0.39, 0.29) is 30.0 Å². The summed E-state index contributed by atoms with van der Waals surface area (Å²) >= 11 is 6.27. The van der Waals surface area contributed by atoms with Gasteiger partial charge in [0, 0.05) is 67.7 Å². The SMILES string of the molecule is CCCN1CCN(CCCOc2cc3c(=O)n(CC(=O)NC(C)C)c(C4C=C(Cl)C=CC4)cn3c2)CC1. The molecule has 8 nitrogen and oxygen atoms in total. The number of ether oxygens (including phenoxy) is 1. The second kappa shape index (κ2) is 12.8. The van der Waals surface area contributed by atoms with E-state index in [2.05, 4.69) is 22.0 Å². The monoisotopic (exact) mass is 529 g/mol. The first-order valence-corrected chi connectivity index (χ1v) is 13.9. The smallest absolute Gasteiger partial charge is 0.275 e. The summed E-state index contributed by atoms with van der Waals surface area (Å²) in [5.74, 6) is 0.381. The third kappa shape index (κ3) is 7.27. The first kappa shape index (κ1) is 27.5. The minimum absolute atomic E-state index is 0.00384. The van der Waals surface area contributed by atoms with Gasteiger partial charge in [0.1, 0.15) is 17.8 Å². The van der Waals surface area contributed by atoms with Gasteiger partial charge in [0.05, 0.1) is 12.8 Å². The van der Waals surface area contributed by atoms with Crippen molar-refractivity contribution >= 4 is 23.0 Å². The van der Waals surface area contributed by atoms with Crippen LogP contribution in [0.5, 0.6) is 5.75 Å². The Morgan fingerprint density at radius 3 is 2.57 bits per heavy atom. The fourth-order valence-corrected chi connectivity index (χ4v) is 5.37. The van der Waals surface area contributed by atoms with Gasteiger partial charge in [-0.2, -0.15) is 0 Å². The number of carbonyl (C=O) groups is 1. The van der Waals surface area contributed by atoms with Crippen LogP contribution in [0.1, 0.15) is 51.6 Å². The van der Waals surface area contributed by atoms with Crippen molar-refractivity contribution in [1.82, 2.24) is 24.1 Å². The number of hydrogen-bond acceptors (Lipinski definition) is 5. The Hall–Kier alpha value is -2.55. The topological polar surface area (TPSA) is 71.2 Å². The Kier molecular flexibility index (Phi) is 9.51. The summed E-state index contributed by atoms with van der Waals surface area (Å²) in [5, 5.41) is 3.52. The van der Waals surface area contributed by atoms with E-state index in [1.54, 1.807) is 10.6 Å². The number of fused-ring (bicyclic) bond motifs is 1. The van der Waals surface area contributed by atoms with Gasteiger partial charge < -0.3 is 24.3 Å². The van der Waals surface area contributed by atoms with Crippen LogP contribution in [0.2, 0.25) is 0 Å². The van der Waals surface area contributed by atoms with E-state index in [1.165, 1.54) is 13.0 Å². The number of rotatable bonds is 11. The van der Waals surface area contributed by atoms with Gasteiger partial charge >= 0.3 is 0 Å². The second-order valence-corrected chi connectivity index (χ2v) is 10.8. The molecule has 2 aliphatic rings. The molecule has 0 saturated carbocycles. The lowest BCUT2D eigenvalue weighted by molar-refractivity contribution is -0.122. The second-order valence-electron chi connectivity index (χ2n) is 10.3. The standard InChI is InChI=1S/C28H40ClN5O3/c1-4-9-31-11-13-32(14-12-31)10-6-15-37-24-17-25-28(36)34(20-27(35)30-21(2)3)26(19-33(25)18-24)22-7-5-8-23(29)16-22/h5,8,16-19,21-22H,4,6-7,9-15,20H2,1-3H3,(H,30,35). The van der Waals surface area contributed by atoms with E-state index < -0.39 is 0 Å². The molecule has 3 heterocycles. The maximum Gasteiger partial charge on any atom is 0.275 e. The van der Waals surface area contributed by atoms with Crippen molar-refractivity contribution in [2.45, 2.75) is 58.5 Å². The van der Waals surface area contributed by atoms with Crippen molar-refractivity contribution in [2.24, 2.45) is 0 Å². The van der Waals surface area contributed by atoms with Crippen LogP contribution in [-0.2, 0) is 11.3 Å². The molecule has 1 aliphatic heterocycles. The maximum absolute atomic E-state index is 13.5. The number of amides is 1. The molecular weight excluding hydrogens is 490 g/mol. The summed E-state index contributed by atoms with van der Waals surface area (Å²) in [7, 11) is 0. The Morgan fingerprint density at radius 2 is 1.89 bits per heavy atom. The van der Waals surface area contributed by atoms with Crippen LogP contribution in [0.15, 0.2) is 46.5 Å². The highest BCUT2D eigenvalue weighted by Gasteiger charge is 2.21. The van der Waals surface area contributed by atoms with Gasteiger partial charge in [-0.1, -0.05) is 30.7 Å². The summed E-state index contributed by atoms with van der Waals surface area (Å²) in [6.07, 6.45) is 12.4. The molecule has 1 unspecified atom stereocenters. The van der Waals surface area contributed by atoms with Crippen LogP contribution in [-0.4, -0.2) is 76.6 Å². The minimum Gasteiger partial charge on any atom is -0.492 e. The van der Waals surface area contributed by atoms with Gasteiger partial charge in [0.25, 0.3) is 5.56 Å². The molecule has 0 radical (unpaired) electrons. The lowest BCUT2D eigenvalue weighted by Gasteiger charge is -2.34. The van der Waals surface area contributed by atoms with E-state index in [9.17, 15) is 9.59 Å². The summed E-state index contributed by atoms with van der Waals surface area (Å²) in [6, 6.07) is 1.77. The lowest BCUT2D eigenvalue weighted by atomic mass is 9.97. The summed E-state index contributed by atoms with van der Waals surface area (Å²) in [5.41, 5.74) is 1.03. The van der Waals surface area contributed by atoms with Gasteiger partial charge in [0.15, 0.2) is 0 Å². The van der Waals surface area contributed by atoms with Crippen molar-refractivity contribution < 1.29 is 9.53 Å². The first-order chi connectivity index (χ1) is 17.8. The average molecular weight is 530 g/mol. The minimum atomic E-state index is -0.213. The molecule has 37 heavy (non-hydrogen) atoms. The van der Waals surface area contributed by atoms with Crippen LogP contribution in [0.4, 0.5) is 0 Å². The summed E-state index contributed by atoms with van der Waals surface area (Å²) in [4.78, 5) is 31.2. The highest BCUT2D eigenvalue weighted by molar-refractivity contribution is 6.31. The highest BCUT2D eigenvalue weighted by atomic mass is 35.5. The molecule has 1 amide bonds. The number of nitrogens with one attached hydrogen (secondary N) is 1. The number of carbonyl (C=O) groups excluding carboxylic acids is 1. The molecule has 1 aliphatic carbocycles. The van der Waals surface area contributed by atoms with Crippen molar-refractivity contribution in [2.75, 3.05) is 45.9 Å². The van der Waals surface area contributed by atoms with Crippen molar-refractivity contribution in [3.05, 3.63) is 57.8 Å². The third-order valence-corrected chi connectivity index (χ3v) is 7.17. The van der Waals surface area contributed by atoms with E-state index in [0.717, 1.165) is 44.8 Å². The Balaban J connectivity index is 1.46. The zero-order valence-corrected chi connectivity index (χ0v) is 23.0. The molecule has 202 valence electrons. The molecule has 0 bridgehead atoms. The number of allylic oxidation sites excluding steroid dienone is 4. The summed E-state index contributed by atoms with van der Waals surface area (Å²) < 4.78 is 9.43. The molecule has 1 fully saturated rings. The van der Waals surface area contributed by atoms with Crippen molar-refractivity contribution in [3.63, 3.8) is 0 Å². The normalized spacial score (nSPS) is 18.9. The Morgan fingerprint density at radius 1 is 1.16 bits per heavy atom. The Labute approximate surface area is 224 Å². The lowest BCUT2D eigenvalue weighted by Crippen LogP contribution is -2.46. The van der Waals surface area contributed by atoms with Crippen molar-refractivity contribution in [1.29, 1.82) is 0 Å². The first-order valence-electron chi connectivity index (χ1n) is 13.5. The molecule has 4 rings (SSSR count). The van der Waals surface area contributed by atoms with Gasteiger partial charge in [-0.05, 0) is 45.7 Å². The maximum atomic E-state index is 13.5. The zero-order chi connectivity index (χ0) is 26.4. The van der Waals surface area contributed by atoms with Crippen LogP contribution >= 0.6 is 11.6 Å². The van der Waals surface area contributed by atoms with E-state index in [0.29, 0.717) is 29.3 Å². The fraction of sp³-hybridized carbons (Fsp3) is 0.571. The number of halogens is 1. The molecule has 0 spiro atoms. The number of aromatic nitrogens is 2. The average Bonchev–Trinajstić information content (AvgIpc) is 3.27. The quantitative estimate of drug-likeness (QED) is 0.450. The van der Waals surface area contributed by atoms with Crippen molar-refractivity contribution in [3.8, 4) is 5.75 Å². The van der Waals surface area contributed by atoms with Crippen LogP contribution in [0.25, 0.3) is 5.52 Å². The predicted molar refractivity (Wildman–Crippen MR) is 149 cm³/mol. The van der Waals surface area contributed by atoms with Gasteiger partial charge in [-0.3, -0.25) is 14.2 Å². The zero-order valence-electron chi connectivity index (χ0n) is 22.3. The molecule has 1 atom stereocenters. The fourth-order valence-electron chi connectivity index (χ4n) is 5.13. The number of nitrogens with zero attached hydrogens (tertiary/aromatic N) is 4. The van der Waals surface area contributed by atoms with E-state index in [1.807, 2.05) is 48.9 Å². The van der Waals surface area contributed by atoms with Gasteiger partial charge in [0.2, 0.25) is 5.91 Å². The van der Waals surface area contributed by atoms with Gasteiger partial charge in [-0.15, -0.1) is 0 Å². The highest BCUT2D eigenvalue weighted by Crippen LogP contribution is 2.29.